The summed E-state index contributed by atoms with van der Waals surface area (Å²) in [4.78, 5) is 42.5. The molecule has 2 atom stereocenters. The van der Waals surface area contributed by atoms with E-state index in [-0.39, 0.29) is 37.3 Å². The van der Waals surface area contributed by atoms with Crippen LogP contribution in [0.25, 0.3) is 0 Å². The van der Waals surface area contributed by atoms with Gasteiger partial charge in [0.05, 0.1) is 16.9 Å². The molecule has 28 heavy (non-hydrogen) atoms. The second-order valence-corrected chi connectivity index (χ2v) is 7.58. The van der Waals surface area contributed by atoms with Crippen LogP contribution in [0.3, 0.4) is 0 Å². The minimum Gasteiger partial charge on any atom is -0.492 e. The number of carbonyl (C=O) groups is 3. The van der Waals surface area contributed by atoms with Crippen LogP contribution in [0.5, 0.6) is 5.75 Å². The SMILES string of the molecule is CN(C)C(=O)[C@H]1CN(C(=O)c2ccnn2C)C[C@@]12COc1ccccc1C2=O. The number of carbonyl (C=O) groups excluding carboxylic acids is 3. The number of ketones is 1. The number of aromatic nitrogens is 2. The lowest BCUT2D eigenvalue weighted by atomic mass is 9.71. The molecule has 4 rings (SSSR count). The highest BCUT2D eigenvalue weighted by molar-refractivity contribution is 6.07. The minimum atomic E-state index is -1.09. The highest BCUT2D eigenvalue weighted by Crippen LogP contribution is 2.45. The monoisotopic (exact) mass is 382 g/mol. The number of aryl methyl sites for hydroxylation is 1. The Kier molecular flexibility index (Phi) is 4.21. The Balaban J connectivity index is 1.74. The molecule has 2 aromatic rings. The van der Waals surface area contributed by atoms with Crippen LogP contribution in [0.15, 0.2) is 36.5 Å². The topological polar surface area (TPSA) is 84.7 Å². The van der Waals surface area contributed by atoms with E-state index in [2.05, 4.69) is 5.10 Å². The predicted octanol–water partition coefficient (Wildman–Crippen LogP) is 0.842. The molecule has 0 saturated carbocycles. The lowest BCUT2D eigenvalue weighted by molar-refractivity contribution is -0.135. The third kappa shape index (κ3) is 2.59. The summed E-state index contributed by atoms with van der Waals surface area (Å²) in [6.45, 7) is 0.370. The number of likely N-dealkylation sites (tertiary alicyclic amines) is 1. The van der Waals surface area contributed by atoms with Gasteiger partial charge in [0.2, 0.25) is 5.91 Å². The number of ether oxygens (including phenoxy) is 1. The van der Waals surface area contributed by atoms with Gasteiger partial charge in [-0.2, -0.15) is 5.10 Å². The van der Waals surface area contributed by atoms with Crippen LogP contribution in [0.1, 0.15) is 20.8 Å². The smallest absolute Gasteiger partial charge is 0.272 e. The number of Topliss-reactive ketones (excluding diaryl/α,β-unsaturated/α-hetero) is 1. The average molecular weight is 382 g/mol. The summed E-state index contributed by atoms with van der Waals surface area (Å²) in [5, 5.41) is 4.04. The first-order valence-electron chi connectivity index (χ1n) is 9.10. The van der Waals surface area contributed by atoms with Gasteiger partial charge in [-0.3, -0.25) is 19.1 Å². The van der Waals surface area contributed by atoms with Gasteiger partial charge < -0.3 is 14.5 Å². The number of hydrogen-bond acceptors (Lipinski definition) is 5. The van der Waals surface area contributed by atoms with Crippen LogP contribution in [0.2, 0.25) is 0 Å². The zero-order valence-corrected chi connectivity index (χ0v) is 16.1. The molecule has 2 aliphatic rings. The predicted molar refractivity (Wildman–Crippen MR) is 100.0 cm³/mol. The zero-order valence-electron chi connectivity index (χ0n) is 16.1. The van der Waals surface area contributed by atoms with Crippen molar-refractivity contribution in [1.82, 2.24) is 19.6 Å². The molecule has 1 aromatic carbocycles. The Hall–Kier alpha value is -3.16. The van der Waals surface area contributed by atoms with E-state index in [9.17, 15) is 14.4 Å². The molecule has 1 aromatic heterocycles. The van der Waals surface area contributed by atoms with Crippen LogP contribution in [-0.2, 0) is 11.8 Å². The standard InChI is InChI=1S/C20H22N4O4/c1-22(2)18(26)14-10-24(19(27)15-8-9-21-23(15)3)11-20(14)12-28-16-7-5-4-6-13(16)17(20)25/h4-9,14H,10-12H2,1-3H3/t14-,20-/m1/s1. The van der Waals surface area contributed by atoms with E-state index in [4.69, 9.17) is 4.74 Å². The fraction of sp³-hybridized carbons (Fsp3) is 0.400. The number of nitrogens with zero attached hydrogens (tertiary/aromatic N) is 4. The van der Waals surface area contributed by atoms with Gasteiger partial charge in [0.1, 0.15) is 18.1 Å². The van der Waals surface area contributed by atoms with Crippen molar-refractivity contribution in [2.24, 2.45) is 18.4 Å². The Morgan fingerprint density at radius 2 is 2.00 bits per heavy atom. The number of hydrogen-bond donors (Lipinski definition) is 0. The van der Waals surface area contributed by atoms with Crippen molar-refractivity contribution in [2.75, 3.05) is 33.8 Å². The summed E-state index contributed by atoms with van der Waals surface area (Å²) in [5.41, 5.74) is -0.220. The zero-order chi connectivity index (χ0) is 20.1. The Morgan fingerprint density at radius 1 is 1.25 bits per heavy atom. The van der Waals surface area contributed by atoms with E-state index < -0.39 is 11.3 Å². The fourth-order valence-corrected chi connectivity index (χ4v) is 4.13. The molecular formula is C20H22N4O4. The van der Waals surface area contributed by atoms with Crippen LogP contribution < -0.4 is 4.74 Å². The highest BCUT2D eigenvalue weighted by Gasteiger charge is 2.59. The molecule has 0 unspecified atom stereocenters. The van der Waals surface area contributed by atoms with Crippen LogP contribution in [-0.4, -0.2) is 71.0 Å². The van der Waals surface area contributed by atoms with Gasteiger partial charge >= 0.3 is 0 Å². The third-order valence-corrected chi connectivity index (χ3v) is 5.68. The van der Waals surface area contributed by atoms with Crippen molar-refractivity contribution in [2.45, 2.75) is 0 Å². The Labute approximate surface area is 162 Å². The van der Waals surface area contributed by atoms with Crippen molar-refractivity contribution in [3.05, 3.63) is 47.8 Å². The molecule has 0 N–H and O–H groups in total. The van der Waals surface area contributed by atoms with E-state index in [1.807, 2.05) is 0 Å². The number of amides is 2. The van der Waals surface area contributed by atoms with Gasteiger partial charge in [-0.25, -0.2) is 0 Å². The van der Waals surface area contributed by atoms with Crippen LogP contribution >= 0.6 is 0 Å². The van der Waals surface area contributed by atoms with E-state index in [1.165, 1.54) is 9.58 Å². The molecule has 0 radical (unpaired) electrons. The first kappa shape index (κ1) is 18.2. The maximum absolute atomic E-state index is 13.5. The second kappa shape index (κ2) is 6.47. The molecule has 2 amide bonds. The van der Waals surface area contributed by atoms with Gasteiger partial charge in [0.15, 0.2) is 5.78 Å². The van der Waals surface area contributed by atoms with Gasteiger partial charge in [-0.1, -0.05) is 12.1 Å². The van der Waals surface area contributed by atoms with Crippen molar-refractivity contribution in [3.8, 4) is 5.75 Å². The molecule has 146 valence electrons. The summed E-state index contributed by atoms with van der Waals surface area (Å²) in [5.74, 6) is -0.724. The van der Waals surface area contributed by atoms with Crippen molar-refractivity contribution >= 4 is 17.6 Å². The second-order valence-electron chi connectivity index (χ2n) is 7.58. The van der Waals surface area contributed by atoms with Crippen molar-refractivity contribution in [3.63, 3.8) is 0 Å². The van der Waals surface area contributed by atoms with Crippen LogP contribution in [0, 0.1) is 11.3 Å². The van der Waals surface area contributed by atoms with Crippen molar-refractivity contribution < 1.29 is 19.1 Å². The quantitative estimate of drug-likeness (QED) is 0.769. The molecule has 1 saturated heterocycles. The Bertz CT molecular complexity index is 967. The van der Waals surface area contributed by atoms with Gasteiger partial charge in [0, 0.05) is 40.4 Å². The first-order valence-corrected chi connectivity index (χ1v) is 9.10. The number of rotatable bonds is 2. The normalized spacial score (nSPS) is 23.5. The maximum atomic E-state index is 13.5. The van der Waals surface area contributed by atoms with E-state index in [1.54, 1.807) is 62.6 Å². The van der Waals surface area contributed by atoms with E-state index >= 15 is 0 Å². The summed E-state index contributed by atoms with van der Waals surface area (Å²) in [6, 6.07) is 8.66. The molecule has 0 aliphatic carbocycles. The first-order chi connectivity index (χ1) is 13.3. The summed E-state index contributed by atoms with van der Waals surface area (Å²) in [6.07, 6.45) is 1.55. The molecule has 1 spiro atoms. The van der Waals surface area contributed by atoms with Gasteiger partial charge in [-0.15, -0.1) is 0 Å². The summed E-state index contributed by atoms with van der Waals surface area (Å²) in [7, 11) is 5.00. The Morgan fingerprint density at radius 3 is 2.68 bits per heavy atom. The lowest BCUT2D eigenvalue weighted by Crippen LogP contribution is -2.51. The summed E-state index contributed by atoms with van der Waals surface area (Å²) >= 11 is 0. The molecular weight excluding hydrogens is 360 g/mol. The minimum absolute atomic E-state index is 0.0717. The third-order valence-electron chi connectivity index (χ3n) is 5.68. The number of fused-ring (bicyclic) bond motifs is 1. The highest BCUT2D eigenvalue weighted by atomic mass is 16.5. The maximum Gasteiger partial charge on any atom is 0.272 e. The number of benzene rings is 1. The molecule has 8 heteroatoms. The summed E-state index contributed by atoms with van der Waals surface area (Å²) < 4.78 is 7.38. The average Bonchev–Trinajstić information content (AvgIpc) is 3.28. The van der Waals surface area contributed by atoms with E-state index in [0.29, 0.717) is 17.0 Å². The molecule has 3 heterocycles. The van der Waals surface area contributed by atoms with Gasteiger partial charge in [-0.05, 0) is 18.2 Å². The lowest BCUT2D eigenvalue weighted by Gasteiger charge is -2.37. The van der Waals surface area contributed by atoms with Gasteiger partial charge in [0.25, 0.3) is 5.91 Å². The molecule has 2 aliphatic heterocycles. The molecule has 0 bridgehead atoms. The largest absolute Gasteiger partial charge is 0.492 e. The van der Waals surface area contributed by atoms with E-state index in [0.717, 1.165) is 0 Å². The van der Waals surface area contributed by atoms with Crippen LogP contribution in [0.4, 0.5) is 0 Å². The fourth-order valence-electron chi connectivity index (χ4n) is 4.13. The molecule has 8 nitrogen and oxygen atoms in total. The van der Waals surface area contributed by atoms with Crippen molar-refractivity contribution in [1.29, 1.82) is 0 Å². The molecule has 1 fully saturated rings. The number of para-hydroxylation sites is 1.